The second-order valence-electron chi connectivity index (χ2n) is 3.82. The quantitative estimate of drug-likeness (QED) is 0.671. The fraction of sp³-hybridized carbons (Fsp3) is 0.600. The van der Waals surface area contributed by atoms with Crippen LogP contribution in [0.25, 0.3) is 0 Å². The molecule has 1 aromatic heterocycles. The van der Waals surface area contributed by atoms with Gasteiger partial charge in [-0.25, -0.2) is 4.57 Å². The highest BCUT2D eigenvalue weighted by Gasteiger charge is 2.18. The molecule has 0 aliphatic carbocycles. The van der Waals surface area contributed by atoms with Crippen LogP contribution in [0.15, 0.2) is 18.7 Å². The fourth-order valence-electron chi connectivity index (χ4n) is 0.914. The number of carbonyl (C=O) groups excluding carboxylic acids is 1. The molecule has 0 saturated carbocycles. The average molecular weight is 197 g/mol. The summed E-state index contributed by atoms with van der Waals surface area (Å²) in [7, 11) is 1.86. The maximum absolute atomic E-state index is 11.5. The van der Waals surface area contributed by atoms with Gasteiger partial charge >= 0.3 is 6.09 Å². The van der Waals surface area contributed by atoms with Gasteiger partial charge in [0, 0.05) is 0 Å². The van der Waals surface area contributed by atoms with Gasteiger partial charge in [-0.05, 0) is 12.8 Å². The molecule has 0 fully saturated rings. The van der Waals surface area contributed by atoms with E-state index in [1.165, 1.54) is 4.57 Å². The summed E-state index contributed by atoms with van der Waals surface area (Å²) in [5.41, 5.74) is 0. The minimum absolute atomic E-state index is 0.0600. The van der Waals surface area contributed by atoms with Gasteiger partial charge in [0.2, 0.25) is 0 Å². The zero-order valence-corrected chi connectivity index (χ0v) is 9.10. The molecular formula is C10H17N2O2+. The Morgan fingerprint density at radius 3 is 2.50 bits per heavy atom. The van der Waals surface area contributed by atoms with E-state index in [4.69, 9.17) is 4.74 Å². The lowest BCUT2D eigenvalue weighted by Gasteiger charge is -2.13. The standard InChI is InChI=1S/C10H17N2O2/c1-8(2)9(3)14-10(13)12-6-5-11(4)7-12/h5-9H,1-4H3/q+1/t9-/m0/s1. The Labute approximate surface area is 84.1 Å². The molecule has 1 heterocycles. The van der Waals surface area contributed by atoms with Crippen LogP contribution in [-0.2, 0) is 11.8 Å². The van der Waals surface area contributed by atoms with Crippen LogP contribution in [0, 0.1) is 5.92 Å². The third-order valence-corrected chi connectivity index (χ3v) is 2.21. The second-order valence-corrected chi connectivity index (χ2v) is 3.82. The third kappa shape index (κ3) is 2.58. The van der Waals surface area contributed by atoms with E-state index in [1.54, 1.807) is 23.3 Å². The van der Waals surface area contributed by atoms with E-state index in [0.29, 0.717) is 5.92 Å². The zero-order chi connectivity index (χ0) is 10.7. The zero-order valence-electron chi connectivity index (χ0n) is 9.10. The number of aryl methyl sites for hydroxylation is 1. The first-order chi connectivity index (χ1) is 6.50. The maximum Gasteiger partial charge on any atom is 0.511 e. The molecule has 0 aliphatic heterocycles. The van der Waals surface area contributed by atoms with Crippen molar-refractivity contribution in [1.29, 1.82) is 0 Å². The predicted molar refractivity (Wildman–Crippen MR) is 51.8 cm³/mol. The molecule has 0 aliphatic rings. The van der Waals surface area contributed by atoms with Gasteiger partial charge < -0.3 is 4.74 Å². The van der Waals surface area contributed by atoms with Crippen LogP contribution in [0.4, 0.5) is 4.79 Å². The van der Waals surface area contributed by atoms with Crippen LogP contribution in [0.2, 0.25) is 0 Å². The summed E-state index contributed by atoms with van der Waals surface area (Å²) in [4.78, 5) is 11.5. The van der Waals surface area contributed by atoms with Crippen molar-refractivity contribution in [2.45, 2.75) is 26.9 Å². The molecule has 0 aromatic carbocycles. The van der Waals surface area contributed by atoms with E-state index in [1.807, 2.05) is 27.8 Å². The van der Waals surface area contributed by atoms with E-state index in [-0.39, 0.29) is 12.2 Å². The molecule has 78 valence electrons. The summed E-state index contributed by atoms with van der Waals surface area (Å²) in [6.45, 7) is 5.94. The Hall–Kier alpha value is -1.32. The lowest BCUT2D eigenvalue weighted by atomic mass is 10.1. The fourth-order valence-corrected chi connectivity index (χ4v) is 0.914. The van der Waals surface area contributed by atoms with Gasteiger partial charge in [0.25, 0.3) is 6.33 Å². The number of hydrogen-bond donors (Lipinski definition) is 0. The van der Waals surface area contributed by atoms with Crippen LogP contribution in [0.3, 0.4) is 0 Å². The van der Waals surface area contributed by atoms with Crippen molar-refractivity contribution >= 4 is 6.09 Å². The van der Waals surface area contributed by atoms with Crippen molar-refractivity contribution in [2.75, 3.05) is 0 Å². The van der Waals surface area contributed by atoms with Gasteiger partial charge in [0.1, 0.15) is 18.5 Å². The molecule has 14 heavy (non-hydrogen) atoms. The second kappa shape index (κ2) is 4.26. The molecule has 0 saturated heterocycles. The first-order valence-corrected chi connectivity index (χ1v) is 4.75. The Morgan fingerprint density at radius 1 is 1.43 bits per heavy atom. The Morgan fingerprint density at radius 2 is 2.07 bits per heavy atom. The van der Waals surface area contributed by atoms with Crippen molar-refractivity contribution in [3.05, 3.63) is 18.7 Å². The summed E-state index contributed by atoms with van der Waals surface area (Å²) in [5, 5.41) is 0. The molecule has 1 rings (SSSR count). The van der Waals surface area contributed by atoms with Gasteiger partial charge in [-0.1, -0.05) is 13.8 Å². The highest BCUT2D eigenvalue weighted by Crippen LogP contribution is 2.06. The van der Waals surface area contributed by atoms with Crippen LogP contribution in [-0.4, -0.2) is 16.8 Å². The van der Waals surface area contributed by atoms with Crippen molar-refractivity contribution in [2.24, 2.45) is 13.0 Å². The molecule has 4 heteroatoms. The number of carbonyl (C=O) groups is 1. The Balaban J connectivity index is 2.59. The van der Waals surface area contributed by atoms with E-state index in [0.717, 1.165) is 0 Å². The van der Waals surface area contributed by atoms with E-state index < -0.39 is 0 Å². The molecule has 0 amide bonds. The lowest BCUT2D eigenvalue weighted by molar-refractivity contribution is -0.670. The highest BCUT2D eigenvalue weighted by atomic mass is 16.6. The molecule has 1 aromatic rings. The Bertz CT molecular complexity index is 318. The van der Waals surface area contributed by atoms with Crippen LogP contribution >= 0.6 is 0 Å². The van der Waals surface area contributed by atoms with Crippen molar-refractivity contribution in [3.8, 4) is 0 Å². The number of imidazole rings is 1. The molecular weight excluding hydrogens is 180 g/mol. The number of rotatable bonds is 2. The van der Waals surface area contributed by atoms with Crippen molar-refractivity contribution in [1.82, 2.24) is 4.57 Å². The summed E-state index contributed by atoms with van der Waals surface area (Å²) >= 11 is 0. The van der Waals surface area contributed by atoms with E-state index in [9.17, 15) is 4.79 Å². The molecule has 0 N–H and O–H groups in total. The molecule has 4 nitrogen and oxygen atoms in total. The lowest BCUT2D eigenvalue weighted by Crippen LogP contribution is -2.27. The molecule has 0 unspecified atom stereocenters. The van der Waals surface area contributed by atoms with E-state index >= 15 is 0 Å². The molecule has 0 spiro atoms. The predicted octanol–water partition coefficient (Wildman–Crippen LogP) is 1.34. The maximum atomic E-state index is 11.5. The number of ether oxygens (including phenoxy) is 1. The van der Waals surface area contributed by atoms with Crippen LogP contribution in [0.1, 0.15) is 20.8 Å². The van der Waals surface area contributed by atoms with Gasteiger partial charge in [0.05, 0.1) is 7.05 Å². The minimum Gasteiger partial charge on any atom is -0.428 e. The summed E-state index contributed by atoms with van der Waals surface area (Å²) in [6, 6.07) is 0. The number of nitrogens with zero attached hydrogens (tertiary/aromatic N) is 2. The monoisotopic (exact) mass is 197 g/mol. The number of aromatic nitrogens is 2. The first-order valence-electron chi connectivity index (χ1n) is 4.75. The molecule has 0 bridgehead atoms. The normalized spacial score (nSPS) is 12.9. The summed E-state index contributed by atoms with van der Waals surface area (Å²) in [6.07, 6.45) is 4.76. The van der Waals surface area contributed by atoms with Crippen molar-refractivity contribution < 1.29 is 14.1 Å². The van der Waals surface area contributed by atoms with Crippen LogP contribution in [0.5, 0.6) is 0 Å². The van der Waals surface area contributed by atoms with Crippen LogP contribution < -0.4 is 4.57 Å². The average Bonchev–Trinajstić information content (AvgIpc) is 2.51. The van der Waals surface area contributed by atoms with Crippen molar-refractivity contribution in [3.63, 3.8) is 0 Å². The largest absolute Gasteiger partial charge is 0.511 e. The Kier molecular flexibility index (Phi) is 3.28. The van der Waals surface area contributed by atoms with Gasteiger partial charge in [-0.15, -0.1) is 4.57 Å². The number of hydrogen-bond acceptors (Lipinski definition) is 2. The topological polar surface area (TPSA) is 35.1 Å². The molecule has 1 atom stereocenters. The van der Waals surface area contributed by atoms with Gasteiger partial charge in [0.15, 0.2) is 0 Å². The highest BCUT2D eigenvalue weighted by molar-refractivity contribution is 5.69. The molecule has 0 radical (unpaired) electrons. The summed E-state index contributed by atoms with van der Waals surface area (Å²) in [5.74, 6) is 0.336. The van der Waals surface area contributed by atoms with Gasteiger partial charge in [-0.2, -0.15) is 4.79 Å². The smallest absolute Gasteiger partial charge is 0.428 e. The SMILES string of the molecule is CC(C)[C@H](C)OC(=O)n1cc[n+](C)c1. The summed E-state index contributed by atoms with van der Waals surface area (Å²) < 4.78 is 8.44. The first kappa shape index (κ1) is 10.8. The van der Waals surface area contributed by atoms with E-state index in [2.05, 4.69) is 0 Å². The third-order valence-electron chi connectivity index (χ3n) is 2.21. The van der Waals surface area contributed by atoms with Gasteiger partial charge in [-0.3, -0.25) is 0 Å². The minimum atomic E-state index is -0.327.